The lowest BCUT2D eigenvalue weighted by Gasteiger charge is -2.16. The largest absolute Gasteiger partial charge is 0.357 e. The van der Waals surface area contributed by atoms with Gasteiger partial charge in [0.05, 0.1) is 11.4 Å². The highest BCUT2D eigenvalue weighted by molar-refractivity contribution is 6.09. The fourth-order valence-electron chi connectivity index (χ4n) is 4.69. The lowest BCUT2D eigenvalue weighted by atomic mass is 9.90. The van der Waals surface area contributed by atoms with Gasteiger partial charge in [0.25, 0.3) is 5.91 Å². The van der Waals surface area contributed by atoms with Crippen LogP contribution in [-0.4, -0.2) is 15.9 Å². The fraction of sp³-hybridized carbons (Fsp3) is 0.375. The summed E-state index contributed by atoms with van der Waals surface area (Å²) < 4.78 is 14.1. The molecule has 0 aliphatic carbocycles. The minimum absolute atomic E-state index is 0.230. The van der Waals surface area contributed by atoms with Crippen molar-refractivity contribution in [2.75, 3.05) is 10.6 Å². The second-order valence-corrected chi connectivity index (χ2v) is 9.26. The molecule has 0 aliphatic heterocycles. The van der Waals surface area contributed by atoms with Crippen LogP contribution in [0.1, 0.15) is 94.4 Å². The summed E-state index contributed by atoms with van der Waals surface area (Å²) in [5.41, 5.74) is 5.34. The molecule has 1 atom stereocenters. The van der Waals surface area contributed by atoms with E-state index in [9.17, 15) is 9.18 Å². The highest BCUT2D eigenvalue weighted by Crippen LogP contribution is 2.32. The highest BCUT2D eigenvalue weighted by atomic mass is 19.1. The molecule has 2 heterocycles. The summed E-state index contributed by atoms with van der Waals surface area (Å²) in [6, 6.07) is 16.2. The molecule has 2 aromatic heterocycles. The second-order valence-electron chi connectivity index (χ2n) is 9.26. The lowest BCUT2D eigenvalue weighted by molar-refractivity contribution is 0.102. The summed E-state index contributed by atoms with van der Waals surface area (Å²) >= 11 is 0. The van der Waals surface area contributed by atoms with Gasteiger partial charge in [-0.2, -0.15) is 0 Å². The summed E-state index contributed by atoms with van der Waals surface area (Å²) in [6.07, 6.45) is 8.39. The Labute approximate surface area is 226 Å². The van der Waals surface area contributed by atoms with E-state index in [4.69, 9.17) is 0 Å². The maximum atomic E-state index is 14.1. The first kappa shape index (κ1) is 28.9. The zero-order valence-corrected chi connectivity index (χ0v) is 23.3. The zero-order valence-electron chi connectivity index (χ0n) is 23.3. The molecule has 1 unspecified atom stereocenters. The standard InChI is InChI=1S/C30H35FN4O.C2H6/c1-4-7-11-20(10-5-2)21-14-17-27(32-19-21)30(36)35-29-23-16-15-22(18-28(23)34-25(29)6-3)33-26-13-9-8-12-24(26)31;1-2/h8-9,12-20,33-34H,4-7,10-11H2,1-3H3,(H,35,36);1-2H3. The number of H-pyrrole nitrogens is 1. The molecule has 38 heavy (non-hydrogen) atoms. The minimum Gasteiger partial charge on any atom is -0.357 e. The maximum Gasteiger partial charge on any atom is 0.274 e. The van der Waals surface area contributed by atoms with Crippen molar-refractivity contribution < 1.29 is 9.18 Å². The molecule has 4 aromatic rings. The number of aryl methyl sites for hydroxylation is 1. The third-order valence-electron chi connectivity index (χ3n) is 6.65. The molecule has 0 saturated carbocycles. The van der Waals surface area contributed by atoms with Gasteiger partial charge >= 0.3 is 0 Å². The summed E-state index contributed by atoms with van der Waals surface area (Å²) in [4.78, 5) is 21.0. The van der Waals surface area contributed by atoms with Gasteiger partial charge < -0.3 is 15.6 Å². The van der Waals surface area contributed by atoms with Crippen LogP contribution >= 0.6 is 0 Å². The molecule has 2 aromatic carbocycles. The molecule has 3 N–H and O–H groups in total. The Hall–Kier alpha value is -3.67. The number of pyridine rings is 1. The van der Waals surface area contributed by atoms with Gasteiger partial charge in [-0.25, -0.2) is 4.39 Å². The highest BCUT2D eigenvalue weighted by Gasteiger charge is 2.17. The molecule has 0 spiro atoms. The van der Waals surface area contributed by atoms with Crippen LogP contribution in [0.25, 0.3) is 10.9 Å². The SMILES string of the molecule is CC.CCCCC(CCC)c1ccc(C(=O)Nc2c(CC)[nH]c3cc(Nc4ccccc4F)ccc23)nc1. The van der Waals surface area contributed by atoms with Crippen molar-refractivity contribution in [3.8, 4) is 0 Å². The Morgan fingerprint density at radius 1 is 1.00 bits per heavy atom. The number of carbonyl (C=O) groups excluding carboxylic acids is 1. The third kappa shape index (κ3) is 7.00. The Kier molecular flexibility index (Phi) is 10.9. The van der Waals surface area contributed by atoms with Crippen LogP contribution in [0, 0.1) is 5.82 Å². The molecule has 0 fully saturated rings. The van der Waals surface area contributed by atoms with E-state index in [2.05, 4.69) is 40.5 Å². The average Bonchev–Trinajstić information content (AvgIpc) is 3.30. The van der Waals surface area contributed by atoms with Crippen LogP contribution in [0.3, 0.4) is 0 Å². The summed E-state index contributed by atoms with van der Waals surface area (Å²) in [6.45, 7) is 10.5. The number of aromatic nitrogens is 2. The van der Waals surface area contributed by atoms with E-state index in [-0.39, 0.29) is 11.7 Å². The number of fused-ring (bicyclic) bond motifs is 1. The minimum atomic E-state index is -0.309. The van der Waals surface area contributed by atoms with E-state index in [0.717, 1.165) is 53.7 Å². The summed E-state index contributed by atoms with van der Waals surface area (Å²) in [5.74, 6) is -0.0467. The van der Waals surface area contributed by atoms with Crippen LogP contribution in [0.5, 0.6) is 0 Å². The Morgan fingerprint density at radius 3 is 2.45 bits per heavy atom. The first-order chi connectivity index (χ1) is 18.5. The first-order valence-corrected chi connectivity index (χ1v) is 14.0. The van der Waals surface area contributed by atoms with E-state index in [1.807, 2.05) is 51.2 Å². The number of amides is 1. The molecular formula is C32H41FN4O. The van der Waals surface area contributed by atoms with Crippen molar-refractivity contribution in [3.63, 3.8) is 0 Å². The molecule has 0 aliphatic rings. The van der Waals surface area contributed by atoms with Crippen molar-refractivity contribution in [2.45, 2.75) is 79.1 Å². The number of hydrogen-bond donors (Lipinski definition) is 3. The van der Waals surface area contributed by atoms with Crippen LogP contribution in [0.4, 0.5) is 21.5 Å². The van der Waals surface area contributed by atoms with Gasteiger partial charge in [0.15, 0.2) is 0 Å². The van der Waals surface area contributed by atoms with Gasteiger partial charge in [0, 0.05) is 28.5 Å². The van der Waals surface area contributed by atoms with Crippen molar-refractivity contribution in [1.29, 1.82) is 0 Å². The van der Waals surface area contributed by atoms with Crippen LogP contribution in [-0.2, 0) is 6.42 Å². The number of para-hydroxylation sites is 1. The van der Waals surface area contributed by atoms with Gasteiger partial charge in [-0.05, 0) is 67.1 Å². The lowest BCUT2D eigenvalue weighted by Crippen LogP contribution is -2.15. The molecule has 0 saturated heterocycles. The van der Waals surface area contributed by atoms with Gasteiger partial charge in [-0.3, -0.25) is 9.78 Å². The molecule has 0 bridgehead atoms. The zero-order chi connectivity index (χ0) is 27.5. The van der Waals surface area contributed by atoms with Crippen molar-refractivity contribution in [3.05, 3.63) is 83.6 Å². The molecule has 1 amide bonds. The number of benzene rings is 2. The second kappa shape index (κ2) is 14.3. The smallest absolute Gasteiger partial charge is 0.274 e. The Morgan fingerprint density at radius 2 is 1.79 bits per heavy atom. The number of halogens is 1. The normalized spacial score (nSPS) is 11.5. The predicted octanol–water partition coefficient (Wildman–Crippen LogP) is 9.36. The van der Waals surface area contributed by atoms with Crippen LogP contribution in [0.15, 0.2) is 60.8 Å². The van der Waals surface area contributed by atoms with Gasteiger partial charge in [-0.15, -0.1) is 0 Å². The number of nitrogens with zero attached hydrogens (tertiary/aromatic N) is 1. The number of anilines is 3. The first-order valence-electron chi connectivity index (χ1n) is 14.0. The van der Waals surface area contributed by atoms with Gasteiger partial charge in [0.2, 0.25) is 0 Å². The topological polar surface area (TPSA) is 69.8 Å². The Bertz CT molecular complexity index is 1310. The molecule has 0 radical (unpaired) electrons. The van der Waals surface area contributed by atoms with E-state index in [1.165, 1.54) is 24.5 Å². The van der Waals surface area contributed by atoms with E-state index >= 15 is 0 Å². The monoisotopic (exact) mass is 516 g/mol. The van der Waals surface area contributed by atoms with Gasteiger partial charge in [-0.1, -0.05) is 72.1 Å². The molecule has 5 nitrogen and oxygen atoms in total. The quantitative estimate of drug-likeness (QED) is 0.186. The maximum absolute atomic E-state index is 14.1. The van der Waals surface area contributed by atoms with E-state index < -0.39 is 0 Å². The molecule has 4 rings (SSSR count). The van der Waals surface area contributed by atoms with Crippen LogP contribution in [0.2, 0.25) is 0 Å². The van der Waals surface area contributed by atoms with Gasteiger partial charge in [0.1, 0.15) is 11.5 Å². The number of aromatic amines is 1. The number of unbranched alkanes of at least 4 members (excludes halogenated alkanes) is 1. The van der Waals surface area contributed by atoms with Crippen molar-refractivity contribution >= 4 is 33.9 Å². The fourth-order valence-corrected chi connectivity index (χ4v) is 4.69. The average molecular weight is 517 g/mol. The molecule has 6 heteroatoms. The molecule has 202 valence electrons. The number of hydrogen-bond acceptors (Lipinski definition) is 3. The molecular weight excluding hydrogens is 475 g/mol. The number of carbonyl (C=O) groups is 1. The van der Waals surface area contributed by atoms with Crippen molar-refractivity contribution in [2.24, 2.45) is 0 Å². The predicted molar refractivity (Wildman–Crippen MR) is 158 cm³/mol. The van der Waals surface area contributed by atoms with Crippen molar-refractivity contribution in [1.82, 2.24) is 9.97 Å². The van der Waals surface area contributed by atoms with E-state index in [1.54, 1.807) is 18.2 Å². The third-order valence-corrected chi connectivity index (χ3v) is 6.65. The number of rotatable bonds is 11. The Balaban J connectivity index is 0.00000195. The summed E-state index contributed by atoms with van der Waals surface area (Å²) in [5, 5.41) is 7.10. The van der Waals surface area contributed by atoms with E-state index in [0.29, 0.717) is 17.3 Å². The summed E-state index contributed by atoms with van der Waals surface area (Å²) in [7, 11) is 0. The van der Waals surface area contributed by atoms with Crippen LogP contribution < -0.4 is 10.6 Å². The number of nitrogens with one attached hydrogen (secondary N) is 3.